The molecule has 3 aliphatic heterocycles. The lowest BCUT2D eigenvalue weighted by molar-refractivity contribution is -0.154. The number of aliphatic hydroxyl groups excluding tert-OH is 1. The molecule has 2 aromatic rings. The molecule has 2 amide bonds. The zero-order valence-electron chi connectivity index (χ0n) is 24.6. The van der Waals surface area contributed by atoms with E-state index in [9.17, 15) is 19.5 Å². The lowest BCUT2D eigenvalue weighted by Gasteiger charge is -2.39. The van der Waals surface area contributed by atoms with E-state index in [1.807, 2.05) is 54.6 Å². The van der Waals surface area contributed by atoms with Gasteiger partial charge in [-0.05, 0) is 63.4 Å². The smallest absolute Gasteiger partial charge is 0.310 e. The summed E-state index contributed by atoms with van der Waals surface area (Å²) in [4.78, 5) is 48.1. The molecule has 1 spiro atoms. The van der Waals surface area contributed by atoms with Crippen molar-refractivity contribution in [3.8, 4) is 0 Å². The number of amides is 2. The molecule has 3 fully saturated rings. The first-order valence-corrected chi connectivity index (χ1v) is 15.8. The summed E-state index contributed by atoms with van der Waals surface area (Å²) in [5.74, 6) is -2.18. The van der Waals surface area contributed by atoms with Crippen LogP contribution in [0.15, 0.2) is 67.3 Å². The minimum atomic E-state index is -0.871. The van der Waals surface area contributed by atoms with E-state index in [-0.39, 0.29) is 42.8 Å². The van der Waals surface area contributed by atoms with Gasteiger partial charge in [-0.25, -0.2) is 0 Å². The van der Waals surface area contributed by atoms with Crippen LogP contribution in [0.1, 0.15) is 45.2 Å². The van der Waals surface area contributed by atoms with E-state index in [0.717, 1.165) is 30.8 Å². The molecule has 0 aliphatic carbocycles. The number of anilines is 2. The number of fused-ring (bicyclic) bond motifs is 1. The SMILES string of the molecule is C=CCN(C(=O)C1N([C@H](CO)c2ccccc2)C(=O)[C@@H]2[C@@H](C(=O)OCC)[C@H]3CCC12S3)c1ccc(N(CC)CC)cc1. The van der Waals surface area contributed by atoms with Gasteiger partial charge in [0.15, 0.2) is 0 Å². The van der Waals surface area contributed by atoms with Gasteiger partial charge in [-0.15, -0.1) is 18.3 Å². The van der Waals surface area contributed by atoms with Crippen LogP contribution in [0.25, 0.3) is 0 Å². The fourth-order valence-corrected chi connectivity index (χ4v) is 9.46. The molecule has 2 aromatic carbocycles. The Bertz CT molecular complexity index is 1300. The van der Waals surface area contributed by atoms with E-state index < -0.39 is 28.7 Å². The summed E-state index contributed by atoms with van der Waals surface area (Å²) in [6.07, 6.45) is 3.05. The van der Waals surface area contributed by atoms with E-state index >= 15 is 0 Å². The first-order chi connectivity index (χ1) is 20.4. The van der Waals surface area contributed by atoms with Crippen LogP contribution >= 0.6 is 11.8 Å². The predicted molar refractivity (Wildman–Crippen MR) is 166 cm³/mol. The minimum Gasteiger partial charge on any atom is -0.466 e. The van der Waals surface area contributed by atoms with Crippen molar-refractivity contribution in [2.75, 3.05) is 42.6 Å². The molecule has 3 saturated heterocycles. The van der Waals surface area contributed by atoms with E-state index in [0.29, 0.717) is 12.1 Å². The lowest BCUT2D eigenvalue weighted by atomic mass is 9.71. The maximum absolute atomic E-state index is 14.9. The second-order valence-corrected chi connectivity index (χ2v) is 12.7. The van der Waals surface area contributed by atoms with Crippen LogP contribution in [-0.2, 0) is 19.1 Å². The molecule has 6 atom stereocenters. The van der Waals surface area contributed by atoms with Gasteiger partial charge in [0.25, 0.3) is 5.91 Å². The quantitative estimate of drug-likeness (QED) is 0.288. The van der Waals surface area contributed by atoms with Crippen molar-refractivity contribution in [1.29, 1.82) is 0 Å². The van der Waals surface area contributed by atoms with E-state index in [2.05, 4.69) is 25.3 Å². The van der Waals surface area contributed by atoms with Gasteiger partial charge in [-0.2, -0.15) is 0 Å². The van der Waals surface area contributed by atoms with Crippen LogP contribution in [0.5, 0.6) is 0 Å². The van der Waals surface area contributed by atoms with Crippen molar-refractivity contribution in [3.63, 3.8) is 0 Å². The van der Waals surface area contributed by atoms with Crippen LogP contribution in [0, 0.1) is 11.8 Å². The summed E-state index contributed by atoms with van der Waals surface area (Å²) in [6, 6.07) is 15.6. The summed E-state index contributed by atoms with van der Waals surface area (Å²) >= 11 is 1.60. The summed E-state index contributed by atoms with van der Waals surface area (Å²) in [5.41, 5.74) is 2.52. The molecular formula is C33H41N3O5S. The highest BCUT2D eigenvalue weighted by Gasteiger charge is 2.75. The summed E-state index contributed by atoms with van der Waals surface area (Å²) in [7, 11) is 0. The van der Waals surface area contributed by atoms with Gasteiger partial charge in [-0.3, -0.25) is 14.4 Å². The molecule has 42 heavy (non-hydrogen) atoms. The molecule has 8 nitrogen and oxygen atoms in total. The molecule has 1 N–H and O–H groups in total. The third-order valence-electron chi connectivity index (χ3n) is 9.09. The maximum atomic E-state index is 14.9. The fourth-order valence-electron chi connectivity index (χ4n) is 7.27. The van der Waals surface area contributed by atoms with E-state index in [1.165, 1.54) is 0 Å². The molecular weight excluding hydrogens is 550 g/mol. The number of likely N-dealkylation sites (tertiary alicyclic amines) is 1. The number of ether oxygens (including phenoxy) is 1. The van der Waals surface area contributed by atoms with Crippen molar-refractivity contribution in [3.05, 3.63) is 72.8 Å². The van der Waals surface area contributed by atoms with Crippen LogP contribution in [0.4, 0.5) is 11.4 Å². The second kappa shape index (κ2) is 12.5. The van der Waals surface area contributed by atoms with Crippen molar-refractivity contribution in [2.45, 2.75) is 55.7 Å². The lowest BCUT2D eigenvalue weighted by Crippen LogP contribution is -2.56. The Morgan fingerprint density at radius 2 is 1.79 bits per heavy atom. The second-order valence-electron chi connectivity index (χ2n) is 11.1. The zero-order valence-corrected chi connectivity index (χ0v) is 25.5. The molecule has 9 heteroatoms. The number of carbonyl (C=O) groups is 3. The standard InChI is InChI=1S/C33H41N3O5S/c1-5-20-35(24-16-14-23(15-17-24)34(6-2)7-3)31(39)29-33-19-18-26(42-33)27(32(40)41-8-4)28(33)30(38)36(29)25(21-37)22-12-10-9-11-13-22/h5,9-17,25-29,37H,1,6-8,18-21H2,2-4H3/t25-,26-,27+,28+,29?,33?/m1/s1. The van der Waals surface area contributed by atoms with E-state index in [1.54, 1.807) is 34.6 Å². The molecule has 2 bridgehead atoms. The third-order valence-corrected chi connectivity index (χ3v) is 11.0. The monoisotopic (exact) mass is 591 g/mol. The molecule has 0 radical (unpaired) electrons. The van der Waals surface area contributed by atoms with Gasteiger partial charge in [0.1, 0.15) is 6.04 Å². The highest BCUT2D eigenvalue weighted by atomic mass is 32.2. The first kappa shape index (κ1) is 30.2. The Balaban J connectivity index is 1.60. The number of carbonyl (C=O) groups excluding carboxylic acids is 3. The predicted octanol–water partition coefficient (Wildman–Crippen LogP) is 4.44. The fraction of sp³-hybridized carbons (Fsp3) is 0.485. The summed E-state index contributed by atoms with van der Waals surface area (Å²) in [5, 5.41) is 10.6. The van der Waals surface area contributed by atoms with Gasteiger partial charge >= 0.3 is 5.97 Å². The molecule has 0 aromatic heterocycles. The van der Waals surface area contributed by atoms with Gasteiger partial charge in [0, 0.05) is 36.3 Å². The van der Waals surface area contributed by atoms with Crippen molar-refractivity contribution < 1.29 is 24.2 Å². The van der Waals surface area contributed by atoms with E-state index in [4.69, 9.17) is 4.74 Å². The summed E-state index contributed by atoms with van der Waals surface area (Å²) in [6.45, 7) is 11.8. The van der Waals surface area contributed by atoms with Crippen LogP contribution in [0.2, 0.25) is 0 Å². The number of aliphatic hydroxyl groups is 1. The van der Waals surface area contributed by atoms with Crippen LogP contribution in [-0.4, -0.2) is 76.7 Å². The van der Waals surface area contributed by atoms with Gasteiger partial charge < -0.3 is 24.5 Å². The number of esters is 1. The average Bonchev–Trinajstić information content (AvgIpc) is 3.65. The molecule has 0 saturated carbocycles. The molecule has 3 heterocycles. The Kier molecular flexibility index (Phi) is 8.99. The average molecular weight is 592 g/mol. The number of hydrogen-bond donors (Lipinski definition) is 1. The van der Waals surface area contributed by atoms with Gasteiger partial charge in [0.2, 0.25) is 5.91 Å². The zero-order chi connectivity index (χ0) is 30.0. The highest BCUT2D eigenvalue weighted by Crippen LogP contribution is 2.67. The molecule has 5 rings (SSSR count). The largest absolute Gasteiger partial charge is 0.466 e. The third kappa shape index (κ3) is 4.90. The van der Waals surface area contributed by atoms with Crippen molar-refractivity contribution in [1.82, 2.24) is 4.90 Å². The highest BCUT2D eigenvalue weighted by molar-refractivity contribution is 8.02. The number of hydrogen-bond acceptors (Lipinski definition) is 7. The Morgan fingerprint density at radius 1 is 1.12 bits per heavy atom. The molecule has 3 aliphatic rings. The molecule has 224 valence electrons. The van der Waals surface area contributed by atoms with Gasteiger partial charge in [-0.1, -0.05) is 36.4 Å². The molecule has 2 unspecified atom stereocenters. The Labute approximate surface area is 252 Å². The van der Waals surface area contributed by atoms with Crippen molar-refractivity contribution in [2.24, 2.45) is 11.8 Å². The van der Waals surface area contributed by atoms with Crippen LogP contribution < -0.4 is 9.80 Å². The van der Waals surface area contributed by atoms with Crippen molar-refractivity contribution >= 4 is 40.9 Å². The number of nitrogens with zero attached hydrogens (tertiary/aromatic N) is 3. The first-order valence-electron chi connectivity index (χ1n) is 15.0. The summed E-state index contributed by atoms with van der Waals surface area (Å²) < 4.78 is 4.66. The van der Waals surface area contributed by atoms with Gasteiger partial charge in [0.05, 0.1) is 35.8 Å². The maximum Gasteiger partial charge on any atom is 0.310 e. The van der Waals surface area contributed by atoms with Crippen LogP contribution in [0.3, 0.4) is 0 Å². The number of rotatable bonds is 12. The minimum absolute atomic E-state index is 0.0824. The number of thioether (sulfide) groups is 1. The normalized spacial score (nSPS) is 26.6. The number of benzene rings is 2. The Morgan fingerprint density at radius 3 is 2.38 bits per heavy atom. The topological polar surface area (TPSA) is 90.4 Å². The Hall–Kier alpha value is -3.30.